The van der Waals surface area contributed by atoms with E-state index >= 15 is 0 Å². The summed E-state index contributed by atoms with van der Waals surface area (Å²) in [6, 6.07) is 15.3. The highest BCUT2D eigenvalue weighted by atomic mass is 16.2. The molecule has 0 saturated heterocycles. The molecule has 0 aliphatic carbocycles. The van der Waals surface area contributed by atoms with Crippen LogP contribution in [0, 0.1) is 13.8 Å². The Morgan fingerprint density at radius 1 is 1.04 bits per heavy atom. The highest BCUT2D eigenvalue weighted by molar-refractivity contribution is 5.94. The van der Waals surface area contributed by atoms with Crippen LogP contribution in [0.3, 0.4) is 0 Å². The largest absolute Gasteiger partial charge is 0.334 e. The van der Waals surface area contributed by atoms with Crippen molar-refractivity contribution in [3.05, 3.63) is 81.1 Å². The van der Waals surface area contributed by atoms with Gasteiger partial charge in [-0.05, 0) is 56.5 Å². The number of hydrogen-bond donors (Lipinski definition) is 1. The summed E-state index contributed by atoms with van der Waals surface area (Å²) in [6.45, 7) is 6.74. The minimum absolute atomic E-state index is 0.0602. The SMILES string of the molecule is CCN(Cc1cc2cc(C)ccc2[nH]c1=O)C(=O)c1cccc(C)c1. The molecule has 0 saturated carbocycles. The number of H-pyrrole nitrogens is 1. The van der Waals surface area contributed by atoms with Crippen LogP contribution < -0.4 is 5.56 Å². The maximum Gasteiger partial charge on any atom is 0.254 e. The third kappa shape index (κ3) is 3.63. The summed E-state index contributed by atoms with van der Waals surface area (Å²) in [6.07, 6.45) is 0. The summed E-state index contributed by atoms with van der Waals surface area (Å²) in [5.74, 6) is -0.0602. The van der Waals surface area contributed by atoms with Crippen LogP contribution >= 0.6 is 0 Å². The topological polar surface area (TPSA) is 53.2 Å². The predicted octanol–water partition coefficient (Wildman–Crippen LogP) is 3.81. The number of carbonyl (C=O) groups excluding carboxylic acids is 1. The monoisotopic (exact) mass is 334 g/mol. The molecule has 2 aromatic carbocycles. The van der Waals surface area contributed by atoms with E-state index in [1.165, 1.54) is 0 Å². The fraction of sp³-hybridized carbons (Fsp3) is 0.238. The van der Waals surface area contributed by atoms with Crippen molar-refractivity contribution in [3.63, 3.8) is 0 Å². The van der Waals surface area contributed by atoms with Gasteiger partial charge in [-0.15, -0.1) is 0 Å². The number of rotatable bonds is 4. The first-order valence-electron chi connectivity index (χ1n) is 8.46. The lowest BCUT2D eigenvalue weighted by molar-refractivity contribution is 0.0752. The highest BCUT2D eigenvalue weighted by Crippen LogP contribution is 2.15. The molecular formula is C21H22N2O2. The number of pyridine rings is 1. The Hall–Kier alpha value is -2.88. The zero-order chi connectivity index (χ0) is 18.0. The third-order valence-electron chi connectivity index (χ3n) is 4.37. The van der Waals surface area contributed by atoms with Gasteiger partial charge in [0.05, 0.1) is 6.54 Å². The van der Waals surface area contributed by atoms with Gasteiger partial charge in [0.2, 0.25) is 0 Å². The Labute approximate surface area is 147 Å². The van der Waals surface area contributed by atoms with Crippen LogP contribution in [-0.2, 0) is 6.54 Å². The number of nitrogens with one attached hydrogen (secondary N) is 1. The lowest BCUT2D eigenvalue weighted by atomic mass is 10.1. The van der Waals surface area contributed by atoms with Crippen LogP contribution in [-0.4, -0.2) is 22.3 Å². The van der Waals surface area contributed by atoms with Gasteiger partial charge in [-0.25, -0.2) is 0 Å². The van der Waals surface area contributed by atoms with Crippen molar-refractivity contribution in [2.24, 2.45) is 0 Å². The summed E-state index contributed by atoms with van der Waals surface area (Å²) in [4.78, 5) is 29.8. The summed E-state index contributed by atoms with van der Waals surface area (Å²) < 4.78 is 0. The Morgan fingerprint density at radius 3 is 2.52 bits per heavy atom. The highest BCUT2D eigenvalue weighted by Gasteiger charge is 2.16. The number of hydrogen-bond acceptors (Lipinski definition) is 2. The molecule has 3 aromatic rings. The number of aromatic amines is 1. The second-order valence-corrected chi connectivity index (χ2v) is 6.40. The first-order valence-corrected chi connectivity index (χ1v) is 8.46. The average Bonchev–Trinajstić information content (AvgIpc) is 2.59. The summed E-state index contributed by atoms with van der Waals surface area (Å²) >= 11 is 0. The number of aromatic nitrogens is 1. The Morgan fingerprint density at radius 2 is 1.80 bits per heavy atom. The first-order chi connectivity index (χ1) is 12.0. The van der Waals surface area contributed by atoms with Crippen molar-refractivity contribution < 1.29 is 4.79 Å². The predicted molar refractivity (Wildman–Crippen MR) is 101 cm³/mol. The van der Waals surface area contributed by atoms with Crippen LogP contribution in [0.1, 0.15) is 34.0 Å². The number of aryl methyl sites for hydroxylation is 2. The molecule has 0 aliphatic rings. The number of fused-ring (bicyclic) bond motifs is 1. The van der Waals surface area contributed by atoms with E-state index in [0.29, 0.717) is 24.2 Å². The molecule has 4 heteroatoms. The summed E-state index contributed by atoms with van der Waals surface area (Å²) in [5.41, 5.74) is 4.09. The molecule has 0 atom stereocenters. The second kappa shape index (κ2) is 6.93. The number of benzene rings is 2. The fourth-order valence-electron chi connectivity index (χ4n) is 2.98. The van der Waals surface area contributed by atoms with Gasteiger partial charge in [-0.1, -0.05) is 29.3 Å². The van der Waals surface area contributed by atoms with Crippen LogP contribution in [0.15, 0.2) is 53.3 Å². The number of nitrogens with zero attached hydrogens (tertiary/aromatic N) is 1. The van der Waals surface area contributed by atoms with E-state index in [1.807, 2.05) is 69.3 Å². The lowest BCUT2D eigenvalue weighted by Gasteiger charge is -2.21. The van der Waals surface area contributed by atoms with Crippen molar-refractivity contribution >= 4 is 16.8 Å². The van der Waals surface area contributed by atoms with Crippen molar-refractivity contribution in [2.75, 3.05) is 6.54 Å². The molecule has 1 amide bonds. The number of amides is 1. The Kier molecular flexibility index (Phi) is 4.70. The average molecular weight is 334 g/mol. The molecule has 0 spiro atoms. The normalized spacial score (nSPS) is 10.8. The minimum atomic E-state index is -0.146. The van der Waals surface area contributed by atoms with E-state index in [9.17, 15) is 9.59 Å². The molecule has 25 heavy (non-hydrogen) atoms. The van der Waals surface area contributed by atoms with Gasteiger partial charge in [0.15, 0.2) is 0 Å². The molecule has 1 heterocycles. The molecule has 1 aromatic heterocycles. The van der Waals surface area contributed by atoms with E-state index in [-0.39, 0.29) is 11.5 Å². The second-order valence-electron chi connectivity index (χ2n) is 6.40. The lowest BCUT2D eigenvalue weighted by Crippen LogP contribution is -2.32. The Balaban J connectivity index is 1.93. The molecular weight excluding hydrogens is 312 g/mol. The zero-order valence-electron chi connectivity index (χ0n) is 14.8. The summed E-state index contributed by atoms with van der Waals surface area (Å²) in [7, 11) is 0. The van der Waals surface area contributed by atoms with E-state index in [2.05, 4.69) is 4.98 Å². The molecule has 3 rings (SSSR count). The molecule has 0 fully saturated rings. The first kappa shape index (κ1) is 17.0. The number of carbonyl (C=O) groups is 1. The molecule has 0 aliphatic heterocycles. The van der Waals surface area contributed by atoms with E-state index in [4.69, 9.17) is 0 Å². The zero-order valence-corrected chi connectivity index (χ0v) is 14.8. The molecule has 0 unspecified atom stereocenters. The van der Waals surface area contributed by atoms with Crippen LogP contribution in [0.5, 0.6) is 0 Å². The van der Waals surface area contributed by atoms with Crippen molar-refractivity contribution in [2.45, 2.75) is 27.3 Å². The van der Waals surface area contributed by atoms with Gasteiger partial charge in [-0.3, -0.25) is 9.59 Å². The molecule has 0 bridgehead atoms. The van der Waals surface area contributed by atoms with Gasteiger partial charge in [-0.2, -0.15) is 0 Å². The quantitative estimate of drug-likeness (QED) is 0.789. The molecule has 1 N–H and O–H groups in total. The maximum atomic E-state index is 12.8. The van der Waals surface area contributed by atoms with Crippen LogP contribution in [0.2, 0.25) is 0 Å². The van der Waals surface area contributed by atoms with Crippen molar-refractivity contribution in [3.8, 4) is 0 Å². The standard InChI is InChI=1S/C21H22N2O2/c1-4-23(21(25)16-7-5-6-14(2)10-16)13-18-12-17-11-15(3)8-9-19(17)22-20(18)24/h5-12H,4,13H2,1-3H3,(H,22,24). The van der Waals surface area contributed by atoms with E-state index in [1.54, 1.807) is 4.90 Å². The van der Waals surface area contributed by atoms with Crippen molar-refractivity contribution in [1.29, 1.82) is 0 Å². The van der Waals surface area contributed by atoms with Gasteiger partial charge in [0.1, 0.15) is 0 Å². The molecule has 128 valence electrons. The third-order valence-corrected chi connectivity index (χ3v) is 4.37. The van der Waals surface area contributed by atoms with Crippen molar-refractivity contribution in [1.82, 2.24) is 9.88 Å². The van der Waals surface area contributed by atoms with Gasteiger partial charge in [0, 0.05) is 23.2 Å². The minimum Gasteiger partial charge on any atom is -0.334 e. The Bertz CT molecular complexity index is 989. The van der Waals surface area contributed by atoms with Gasteiger partial charge >= 0.3 is 0 Å². The molecule has 4 nitrogen and oxygen atoms in total. The van der Waals surface area contributed by atoms with E-state index < -0.39 is 0 Å². The molecule has 0 radical (unpaired) electrons. The van der Waals surface area contributed by atoms with Gasteiger partial charge < -0.3 is 9.88 Å². The van der Waals surface area contributed by atoms with Gasteiger partial charge in [0.25, 0.3) is 11.5 Å². The maximum absolute atomic E-state index is 12.8. The fourth-order valence-corrected chi connectivity index (χ4v) is 2.98. The van der Waals surface area contributed by atoms with Crippen LogP contribution in [0.4, 0.5) is 0 Å². The summed E-state index contributed by atoms with van der Waals surface area (Å²) in [5, 5.41) is 0.980. The van der Waals surface area contributed by atoms with Crippen LogP contribution in [0.25, 0.3) is 10.9 Å². The smallest absolute Gasteiger partial charge is 0.254 e. The van der Waals surface area contributed by atoms with E-state index in [0.717, 1.165) is 22.0 Å².